The van der Waals surface area contributed by atoms with Gasteiger partial charge in [-0.1, -0.05) is 42.7 Å². The first-order valence-corrected chi connectivity index (χ1v) is 23.9. The van der Waals surface area contributed by atoms with Crippen molar-refractivity contribution in [2.45, 2.75) is 141 Å². The maximum absolute atomic E-state index is 13.1. The standard InChI is InChI=1S/C49H72N4O16/c1-32-12-16-34(17-13-32)40(55)8-4-2-3-7-36(48(50)65)27-38(54)30-52-45(60)31-69-26-25-68-24-6-9-41(56)39(21-23-47(63)64)53-44(59)22-20-37(49(66)67)28-42(57)35-18-14-33(15-19-35)29-51-43(58)10-5-11-46(61)62/h12-13,16-17,33,35-37,39H,2-11,14-15,18-31H2,1H3,(H2,50,65)(H,51,58)(H,52,60)(H,53,59)(H,61,62)(H,63,64)(H,66,67)/t33?,35?,36-,37-,39+/m1/s1. The molecule has 1 aliphatic carbocycles. The predicted octanol–water partition coefficient (Wildman–Crippen LogP) is 3.65. The second-order valence-electron chi connectivity index (χ2n) is 17.8. The van der Waals surface area contributed by atoms with Gasteiger partial charge in [0.05, 0.1) is 31.7 Å². The van der Waals surface area contributed by atoms with E-state index in [0.29, 0.717) is 69.9 Å². The van der Waals surface area contributed by atoms with Crippen molar-refractivity contribution >= 4 is 64.7 Å². The third-order valence-electron chi connectivity index (χ3n) is 12.1. The summed E-state index contributed by atoms with van der Waals surface area (Å²) >= 11 is 0. The predicted molar refractivity (Wildman–Crippen MR) is 249 cm³/mol. The van der Waals surface area contributed by atoms with E-state index < -0.39 is 65.7 Å². The van der Waals surface area contributed by atoms with Crippen LogP contribution in [0, 0.1) is 30.6 Å². The van der Waals surface area contributed by atoms with E-state index in [1.807, 2.05) is 19.1 Å². The summed E-state index contributed by atoms with van der Waals surface area (Å²) in [6.07, 6.45) is 3.97. The zero-order valence-electron chi connectivity index (χ0n) is 39.8. The van der Waals surface area contributed by atoms with Crippen molar-refractivity contribution in [3.8, 4) is 0 Å². The van der Waals surface area contributed by atoms with Gasteiger partial charge in [0.25, 0.3) is 0 Å². The van der Waals surface area contributed by atoms with Crippen LogP contribution in [-0.2, 0) is 57.4 Å². The van der Waals surface area contributed by atoms with Crippen LogP contribution in [0.1, 0.15) is 144 Å². The summed E-state index contributed by atoms with van der Waals surface area (Å²) in [5, 5.41) is 35.5. The molecule has 69 heavy (non-hydrogen) atoms. The fourth-order valence-electron chi connectivity index (χ4n) is 7.90. The molecule has 2 rings (SSSR count). The first kappa shape index (κ1) is 59.2. The molecule has 0 bridgehead atoms. The molecule has 0 heterocycles. The highest BCUT2D eigenvalue weighted by molar-refractivity contribution is 5.96. The number of benzene rings is 1. The van der Waals surface area contributed by atoms with Gasteiger partial charge in [-0.15, -0.1) is 0 Å². The molecule has 1 aliphatic rings. The average Bonchev–Trinajstić information content (AvgIpc) is 3.30. The van der Waals surface area contributed by atoms with Crippen molar-refractivity contribution in [1.29, 1.82) is 0 Å². The van der Waals surface area contributed by atoms with Crippen LogP contribution in [0.15, 0.2) is 24.3 Å². The van der Waals surface area contributed by atoms with E-state index in [-0.39, 0.29) is 132 Å². The third kappa shape index (κ3) is 27.0. The number of carbonyl (C=O) groups excluding carboxylic acids is 8. The SMILES string of the molecule is Cc1ccc(C(=O)CCCCC[C@H](CC(=O)CNC(=O)COCCOCCCC(=O)[C@H](CCC(=O)O)NC(=O)CC[C@H](CC(=O)C2CCC(CNC(=O)CCCC(=O)O)CC2)C(=O)O)C(N)=O)cc1. The largest absolute Gasteiger partial charge is 0.481 e. The number of ether oxygens (including phenoxy) is 2. The number of hydrogen-bond donors (Lipinski definition) is 7. The molecular weight excluding hydrogens is 901 g/mol. The summed E-state index contributed by atoms with van der Waals surface area (Å²) in [4.78, 5) is 134. The van der Waals surface area contributed by atoms with E-state index in [2.05, 4.69) is 16.0 Å². The van der Waals surface area contributed by atoms with E-state index in [0.717, 1.165) is 5.56 Å². The second kappa shape index (κ2) is 33.6. The van der Waals surface area contributed by atoms with Crippen LogP contribution in [0.4, 0.5) is 0 Å². The van der Waals surface area contributed by atoms with Gasteiger partial charge in [-0.3, -0.25) is 52.7 Å². The molecule has 8 N–H and O–H groups in total. The third-order valence-corrected chi connectivity index (χ3v) is 12.1. The van der Waals surface area contributed by atoms with Gasteiger partial charge in [0.1, 0.15) is 12.4 Å². The summed E-state index contributed by atoms with van der Waals surface area (Å²) in [6, 6.07) is 6.21. The summed E-state index contributed by atoms with van der Waals surface area (Å²) in [5.74, 6) is -8.52. The van der Waals surface area contributed by atoms with Gasteiger partial charge in [0, 0.05) is 81.9 Å². The lowest BCUT2D eigenvalue weighted by molar-refractivity contribution is -0.145. The number of amides is 4. The minimum absolute atomic E-state index is 0.0117. The van der Waals surface area contributed by atoms with Crippen molar-refractivity contribution in [2.24, 2.45) is 29.4 Å². The number of carboxylic acid groups (broad SMARTS) is 3. The molecule has 3 atom stereocenters. The number of unbranched alkanes of at least 4 members (excludes halogenated alkanes) is 2. The van der Waals surface area contributed by atoms with E-state index >= 15 is 0 Å². The highest BCUT2D eigenvalue weighted by Crippen LogP contribution is 2.31. The molecule has 0 spiro atoms. The molecule has 0 aromatic heterocycles. The van der Waals surface area contributed by atoms with Crippen molar-refractivity contribution < 1.29 is 77.5 Å². The highest BCUT2D eigenvalue weighted by atomic mass is 16.5. The Labute approximate surface area is 402 Å². The first-order chi connectivity index (χ1) is 32.8. The van der Waals surface area contributed by atoms with Crippen molar-refractivity contribution in [2.75, 3.05) is 39.5 Å². The minimum Gasteiger partial charge on any atom is -0.481 e. The molecule has 20 heteroatoms. The molecule has 0 unspecified atom stereocenters. The van der Waals surface area contributed by atoms with Crippen LogP contribution in [0.3, 0.4) is 0 Å². The van der Waals surface area contributed by atoms with Crippen LogP contribution >= 0.6 is 0 Å². The Morgan fingerprint density at radius 2 is 1.32 bits per heavy atom. The Kier molecular flexibility index (Phi) is 28.8. The minimum atomic E-state index is -1.24. The Bertz CT molecular complexity index is 1880. The number of Topliss-reactive ketones (excluding diaryl/α,β-unsaturated/α-hetero) is 4. The van der Waals surface area contributed by atoms with E-state index in [1.165, 1.54) is 0 Å². The van der Waals surface area contributed by atoms with Crippen LogP contribution in [-0.4, -0.2) is 126 Å². The van der Waals surface area contributed by atoms with Crippen LogP contribution in [0.2, 0.25) is 0 Å². The number of nitrogens with two attached hydrogens (primary N) is 1. The van der Waals surface area contributed by atoms with E-state index in [4.69, 9.17) is 20.3 Å². The molecule has 4 amide bonds. The van der Waals surface area contributed by atoms with Gasteiger partial charge in [-0.25, -0.2) is 0 Å². The zero-order valence-corrected chi connectivity index (χ0v) is 39.8. The monoisotopic (exact) mass is 972 g/mol. The number of aliphatic carboxylic acids is 3. The molecular formula is C49H72N4O16. The number of carboxylic acids is 3. The summed E-state index contributed by atoms with van der Waals surface area (Å²) in [6.45, 7) is 1.85. The van der Waals surface area contributed by atoms with Crippen LogP contribution < -0.4 is 21.7 Å². The second-order valence-corrected chi connectivity index (χ2v) is 17.8. The highest BCUT2D eigenvalue weighted by Gasteiger charge is 2.31. The van der Waals surface area contributed by atoms with Gasteiger partial charge in [0.15, 0.2) is 17.3 Å². The number of carbonyl (C=O) groups is 11. The molecule has 1 fully saturated rings. The fraction of sp³-hybridized carbons (Fsp3) is 0.653. The normalized spacial score (nSPS) is 15.7. The average molecular weight is 973 g/mol. The molecule has 20 nitrogen and oxygen atoms in total. The summed E-state index contributed by atoms with van der Waals surface area (Å²) in [5.41, 5.74) is 7.23. The lowest BCUT2D eigenvalue weighted by atomic mass is 9.78. The lowest BCUT2D eigenvalue weighted by Gasteiger charge is -2.28. The number of hydrogen-bond acceptors (Lipinski definition) is 13. The topological polar surface area (TPSA) is 329 Å². The molecule has 0 radical (unpaired) electrons. The zero-order chi connectivity index (χ0) is 51.1. The van der Waals surface area contributed by atoms with Crippen LogP contribution in [0.5, 0.6) is 0 Å². The molecule has 1 aromatic carbocycles. The van der Waals surface area contributed by atoms with Gasteiger partial charge in [0.2, 0.25) is 23.6 Å². The van der Waals surface area contributed by atoms with Crippen molar-refractivity contribution in [1.82, 2.24) is 16.0 Å². The van der Waals surface area contributed by atoms with E-state index in [1.54, 1.807) is 12.1 Å². The van der Waals surface area contributed by atoms with Crippen molar-refractivity contribution in [3.63, 3.8) is 0 Å². The number of nitrogens with one attached hydrogen (secondary N) is 3. The number of primary amides is 1. The molecule has 1 aromatic rings. The van der Waals surface area contributed by atoms with Gasteiger partial charge < -0.3 is 46.5 Å². The Morgan fingerprint density at radius 3 is 1.97 bits per heavy atom. The number of rotatable bonds is 39. The van der Waals surface area contributed by atoms with Crippen LogP contribution in [0.25, 0.3) is 0 Å². The summed E-state index contributed by atoms with van der Waals surface area (Å²) < 4.78 is 10.7. The molecule has 0 saturated heterocycles. The fourth-order valence-corrected chi connectivity index (χ4v) is 7.90. The van der Waals surface area contributed by atoms with Gasteiger partial charge >= 0.3 is 17.9 Å². The maximum atomic E-state index is 13.1. The van der Waals surface area contributed by atoms with Crippen molar-refractivity contribution in [3.05, 3.63) is 35.4 Å². The smallest absolute Gasteiger partial charge is 0.306 e. The first-order valence-electron chi connectivity index (χ1n) is 23.9. The Balaban J connectivity index is 1.62. The maximum Gasteiger partial charge on any atom is 0.306 e. The Morgan fingerprint density at radius 1 is 0.638 bits per heavy atom. The summed E-state index contributed by atoms with van der Waals surface area (Å²) in [7, 11) is 0. The van der Waals surface area contributed by atoms with Gasteiger partial charge in [-0.05, 0) is 77.0 Å². The molecule has 1 saturated carbocycles. The molecule has 384 valence electrons. The Hall–Kier alpha value is -5.89. The quantitative estimate of drug-likeness (QED) is 0.0366. The van der Waals surface area contributed by atoms with Gasteiger partial charge in [-0.2, -0.15) is 0 Å². The van der Waals surface area contributed by atoms with E-state index in [9.17, 15) is 63.0 Å². The lowest BCUT2D eigenvalue weighted by Crippen LogP contribution is -2.41. The number of aryl methyl sites for hydroxylation is 1. The number of ketones is 4. The molecule has 0 aliphatic heterocycles.